The number of aliphatic hydroxyl groups is 1. The molecule has 4 N–H and O–H groups in total. The summed E-state index contributed by atoms with van der Waals surface area (Å²) in [6.45, 7) is 1.50. The van der Waals surface area contributed by atoms with E-state index in [4.69, 9.17) is 5.73 Å². The fourth-order valence-corrected chi connectivity index (χ4v) is 2.25. The summed E-state index contributed by atoms with van der Waals surface area (Å²) in [5.41, 5.74) is 8.67. The second kappa shape index (κ2) is 6.90. The first-order chi connectivity index (χ1) is 10.1. The molecule has 1 atom stereocenters. The third-order valence-electron chi connectivity index (χ3n) is 3.35. The van der Waals surface area contributed by atoms with Crippen LogP contribution >= 0.6 is 0 Å². The summed E-state index contributed by atoms with van der Waals surface area (Å²) in [4.78, 5) is 11.5. The molecular weight excluding hydrogens is 264 g/mol. The number of hydrogen-bond donors (Lipinski definition) is 3. The second-order valence-electron chi connectivity index (χ2n) is 5.07. The largest absolute Gasteiger partial charge is 0.398 e. The van der Waals surface area contributed by atoms with E-state index in [0.717, 1.165) is 11.3 Å². The number of anilines is 2. The number of nitrogen functional groups attached to an aromatic ring is 1. The number of carbonyl (C=O) groups excluding carboxylic acids is 1. The first-order valence-corrected chi connectivity index (χ1v) is 6.92. The van der Waals surface area contributed by atoms with E-state index in [0.29, 0.717) is 17.7 Å². The van der Waals surface area contributed by atoms with E-state index < -0.39 is 0 Å². The zero-order valence-corrected chi connectivity index (χ0v) is 12.0. The normalized spacial score (nSPS) is 11.9. The SMILES string of the molecule is CC(=O)c1cc(NC(CO)Cc2ccccc2)ccc1N. The van der Waals surface area contributed by atoms with Crippen molar-refractivity contribution in [3.8, 4) is 0 Å². The second-order valence-corrected chi connectivity index (χ2v) is 5.07. The van der Waals surface area contributed by atoms with Gasteiger partial charge in [-0.25, -0.2) is 0 Å². The Labute approximate surface area is 124 Å². The molecule has 0 amide bonds. The lowest BCUT2D eigenvalue weighted by molar-refractivity contribution is 0.101. The van der Waals surface area contributed by atoms with Crippen LogP contribution in [0.1, 0.15) is 22.8 Å². The fraction of sp³-hybridized carbons (Fsp3) is 0.235. The number of nitrogens with two attached hydrogens (primary N) is 1. The van der Waals surface area contributed by atoms with Crippen molar-refractivity contribution in [2.45, 2.75) is 19.4 Å². The number of nitrogens with one attached hydrogen (secondary N) is 1. The predicted octanol–water partition coefficient (Wildman–Crippen LogP) is 2.49. The average molecular weight is 284 g/mol. The number of benzene rings is 2. The molecule has 0 radical (unpaired) electrons. The van der Waals surface area contributed by atoms with Gasteiger partial charge in [-0.1, -0.05) is 30.3 Å². The van der Waals surface area contributed by atoms with Crippen LogP contribution in [0.2, 0.25) is 0 Å². The molecule has 2 aromatic rings. The molecule has 0 heterocycles. The first kappa shape index (κ1) is 15.1. The van der Waals surface area contributed by atoms with Crippen molar-refractivity contribution in [2.24, 2.45) is 0 Å². The molecule has 21 heavy (non-hydrogen) atoms. The van der Waals surface area contributed by atoms with Crippen molar-refractivity contribution in [2.75, 3.05) is 17.7 Å². The number of carbonyl (C=O) groups is 1. The van der Waals surface area contributed by atoms with Gasteiger partial charge < -0.3 is 16.2 Å². The minimum absolute atomic E-state index is 0.00861. The fourth-order valence-electron chi connectivity index (χ4n) is 2.25. The molecule has 0 saturated carbocycles. The first-order valence-electron chi connectivity index (χ1n) is 6.92. The van der Waals surface area contributed by atoms with Crippen molar-refractivity contribution in [1.29, 1.82) is 0 Å². The van der Waals surface area contributed by atoms with Gasteiger partial charge in [0.05, 0.1) is 12.6 Å². The smallest absolute Gasteiger partial charge is 0.161 e. The van der Waals surface area contributed by atoms with Crippen LogP contribution in [-0.2, 0) is 6.42 Å². The molecule has 110 valence electrons. The minimum atomic E-state index is -0.115. The molecule has 0 fully saturated rings. The molecule has 2 rings (SSSR count). The van der Waals surface area contributed by atoms with Gasteiger partial charge in [-0.15, -0.1) is 0 Å². The van der Waals surface area contributed by atoms with Gasteiger partial charge in [-0.2, -0.15) is 0 Å². The van der Waals surface area contributed by atoms with Crippen LogP contribution in [0, 0.1) is 0 Å². The predicted molar refractivity (Wildman–Crippen MR) is 85.5 cm³/mol. The minimum Gasteiger partial charge on any atom is -0.398 e. The van der Waals surface area contributed by atoms with Gasteiger partial charge >= 0.3 is 0 Å². The van der Waals surface area contributed by atoms with Gasteiger partial charge in [-0.3, -0.25) is 4.79 Å². The standard InChI is InChI=1S/C17H20N2O2/c1-12(21)16-10-14(7-8-17(16)18)19-15(11-20)9-13-5-3-2-4-6-13/h2-8,10,15,19-20H,9,11,18H2,1H3. The molecule has 0 saturated heterocycles. The van der Waals surface area contributed by atoms with Crippen molar-refractivity contribution >= 4 is 17.2 Å². The topological polar surface area (TPSA) is 75.3 Å². The highest BCUT2D eigenvalue weighted by Crippen LogP contribution is 2.19. The van der Waals surface area contributed by atoms with Gasteiger partial charge in [0.1, 0.15) is 0 Å². The highest BCUT2D eigenvalue weighted by molar-refractivity contribution is 6.00. The average Bonchev–Trinajstić information content (AvgIpc) is 2.49. The Balaban J connectivity index is 2.11. The van der Waals surface area contributed by atoms with Gasteiger partial charge in [-0.05, 0) is 37.1 Å². The lowest BCUT2D eigenvalue weighted by Gasteiger charge is -2.18. The Morgan fingerprint density at radius 1 is 1.24 bits per heavy atom. The molecule has 1 unspecified atom stereocenters. The Morgan fingerprint density at radius 2 is 1.95 bits per heavy atom. The van der Waals surface area contributed by atoms with Gasteiger partial charge in [0.25, 0.3) is 0 Å². The van der Waals surface area contributed by atoms with Crippen LogP contribution < -0.4 is 11.1 Å². The van der Waals surface area contributed by atoms with E-state index in [1.165, 1.54) is 6.92 Å². The molecule has 0 spiro atoms. The van der Waals surface area contributed by atoms with E-state index in [1.807, 2.05) is 36.4 Å². The van der Waals surface area contributed by atoms with E-state index in [1.54, 1.807) is 12.1 Å². The molecule has 0 bridgehead atoms. The van der Waals surface area contributed by atoms with Gasteiger partial charge in [0.15, 0.2) is 5.78 Å². The molecule has 4 nitrogen and oxygen atoms in total. The Morgan fingerprint density at radius 3 is 2.57 bits per heavy atom. The lowest BCUT2D eigenvalue weighted by Crippen LogP contribution is -2.26. The summed E-state index contributed by atoms with van der Waals surface area (Å²) in [5, 5.41) is 12.8. The molecule has 2 aromatic carbocycles. The molecule has 4 heteroatoms. The van der Waals surface area contributed by atoms with Crippen LogP contribution in [0.3, 0.4) is 0 Å². The molecule has 0 aliphatic heterocycles. The van der Waals surface area contributed by atoms with E-state index in [9.17, 15) is 9.90 Å². The quantitative estimate of drug-likeness (QED) is 0.563. The zero-order chi connectivity index (χ0) is 15.2. The van der Waals surface area contributed by atoms with Crippen molar-refractivity contribution in [3.05, 3.63) is 59.7 Å². The monoisotopic (exact) mass is 284 g/mol. The maximum Gasteiger partial charge on any atom is 0.161 e. The summed E-state index contributed by atoms with van der Waals surface area (Å²) in [6.07, 6.45) is 0.705. The maximum absolute atomic E-state index is 11.5. The summed E-state index contributed by atoms with van der Waals surface area (Å²) < 4.78 is 0. The van der Waals surface area contributed by atoms with Crippen LogP contribution in [0.4, 0.5) is 11.4 Å². The number of aliphatic hydroxyl groups excluding tert-OH is 1. The molecule has 0 aliphatic carbocycles. The number of Topliss-reactive ketones (excluding diaryl/α,β-unsaturated/α-hetero) is 1. The summed E-state index contributed by atoms with van der Waals surface area (Å²) >= 11 is 0. The van der Waals surface area contributed by atoms with Crippen LogP contribution in [0.25, 0.3) is 0 Å². The van der Waals surface area contributed by atoms with Gasteiger partial charge in [0, 0.05) is 16.9 Å². The highest BCUT2D eigenvalue weighted by Gasteiger charge is 2.11. The van der Waals surface area contributed by atoms with E-state index in [2.05, 4.69) is 5.32 Å². The van der Waals surface area contributed by atoms with E-state index >= 15 is 0 Å². The van der Waals surface area contributed by atoms with Gasteiger partial charge in [0.2, 0.25) is 0 Å². The van der Waals surface area contributed by atoms with Crippen molar-refractivity contribution in [1.82, 2.24) is 0 Å². The molecular formula is C17H20N2O2. The van der Waals surface area contributed by atoms with Crippen LogP contribution in [0.5, 0.6) is 0 Å². The van der Waals surface area contributed by atoms with Crippen LogP contribution in [0.15, 0.2) is 48.5 Å². The van der Waals surface area contributed by atoms with E-state index in [-0.39, 0.29) is 18.4 Å². The Bertz CT molecular complexity index is 611. The lowest BCUT2D eigenvalue weighted by atomic mass is 10.0. The third kappa shape index (κ3) is 4.07. The molecule has 0 aliphatic rings. The molecule has 0 aromatic heterocycles. The summed E-state index contributed by atoms with van der Waals surface area (Å²) in [6, 6.07) is 15.1. The third-order valence-corrected chi connectivity index (χ3v) is 3.35. The maximum atomic E-state index is 11.5. The van der Waals surface area contributed by atoms with Crippen molar-refractivity contribution in [3.63, 3.8) is 0 Å². The highest BCUT2D eigenvalue weighted by atomic mass is 16.3. The van der Waals surface area contributed by atoms with Crippen LogP contribution in [-0.4, -0.2) is 23.5 Å². The number of rotatable bonds is 6. The van der Waals surface area contributed by atoms with Crippen molar-refractivity contribution < 1.29 is 9.90 Å². The zero-order valence-electron chi connectivity index (χ0n) is 12.0. The number of ketones is 1. The Hall–Kier alpha value is -2.33. The Kier molecular flexibility index (Phi) is 4.95. The summed E-state index contributed by atoms with van der Waals surface area (Å²) in [5.74, 6) is -0.0697. The summed E-state index contributed by atoms with van der Waals surface area (Å²) in [7, 11) is 0. The number of hydrogen-bond acceptors (Lipinski definition) is 4.